The van der Waals surface area contributed by atoms with Gasteiger partial charge in [0.2, 0.25) is 0 Å². The highest BCUT2D eigenvalue weighted by molar-refractivity contribution is 6.39. The highest BCUT2D eigenvalue weighted by Gasteiger charge is 2.17. The van der Waals surface area contributed by atoms with Crippen molar-refractivity contribution in [3.63, 3.8) is 0 Å². The Morgan fingerprint density at radius 1 is 1.15 bits per heavy atom. The first-order valence-corrected chi connectivity index (χ1v) is 10.9. The number of benzene rings is 2. The minimum absolute atomic E-state index is 0.163. The van der Waals surface area contributed by atoms with Crippen molar-refractivity contribution in [3.8, 4) is 11.5 Å². The quantitative estimate of drug-likeness (QED) is 0.219. The van der Waals surface area contributed by atoms with Crippen LogP contribution in [0.5, 0.6) is 11.5 Å². The number of nitrogens with one attached hydrogen (secondary N) is 2. The average molecular weight is 504 g/mol. The van der Waals surface area contributed by atoms with Crippen molar-refractivity contribution >= 4 is 52.3 Å². The molecule has 3 rings (SSSR count). The van der Waals surface area contributed by atoms with Crippen LogP contribution in [0.2, 0.25) is 10.0 Å². The van der Waals surface area contributed by atoms with E-state index in [2.05, 4.69) is 22.2 Å². The Kier molecular flexibility index (Phi) is 8.39. The Bertz CT molecular complexity index is 1190. The van der Waals surface area contributed by atoms with Crippen LogP contribution in [-0.4, -0.2) is 30.5 Å². The summed E-state index contributed by atoms with van der Waals surface area (Å²) in [5, 5.41) is 16.3. The van der Waals surface area contributed by atoms with Gasteiger partial charge in [0.1, 0.15) is 29.4 Å². The lowest BCUT2D eigenvalue weighted by molar-refractivity contribution is 0.253. The van der Waals surface area contributed by atoms with E-state index in [9.17, 15) is 5.11 Å². The minimum Gasteiger partial charge on any atom is -0.495 e. The SMILES string of the molecule is C=CC(O)Nc1cccc(C)c1Nc1ccc(/C(F)=C/c2c(Cl)c(OC)cc(OC)c2Cl)cn1. The third-order valence-electron chi connectivity index (χ3n) is 4.97. The topological polar surface area (TPSA) is 75.6 Å². The zero-order valence-electron chi connectivity index (χ0n) is 18.8. The second-order valence-corrected chi connectivity index (χ2v) is 7.95. The highest BCUT2D eigenvalue weighted by atomic mass is 35.5. The summed E-state index contributed by atoms with van der Waals surface area (Å²) in [7, 11) is 2.89. The van der Waals surface area contributed by atoms with Gasteiger partial charge in [-0.2, -0.15) is 0 Å². The number of para-hydroxylation sites is 1. The molecule has 1 unspecified atom stereocenters. The van der Waals surface area contributed by atoms with E-state index in [0.717, 1.165) is 11.3 Å². The zero-order chi connectivity index (χ0) is 24.8. The van der Waals surface area contributed by atoms with Gasteiger partial charge >= 0.3 is 0 Å². The summed E-state index contributed by atoms with van der Waals surface area (Å²) in [6, 6.07) is 10.3. The van der Waals surface area contributed by atoms with E-state index in [0.29, 0.717) is 23.0 Å². The van der Waals surface area contributed by atoms with Gasteiger partial charge in [0, 0.05) is 23.4 Å². The lowest BCUT2D eigenvalue weighted by atomic mass is 10.1. The number of hydrogen-bond acceptors (Lipinski definition) is 6. The first-order chi connectivity index (χ1) is 16.3. The molecule has 0 aliphatic heterocycles. The number of nitrogens with zero attached hydrogens (tertiary/aromatic N) is 1. The fraction of sp³-hybridized carbons (Fsp3) is 0.160. The van der Waals surface area contributed by atoms with Crippen molar-refractivity contribution < 1.29 is 19.0 Å². The predicted octanol–water partition coefficient (Wildman–Crippen LogP) is 6.84. The number of aromatic nitrogens is 1. The normalized spacial score (nSPS) is 12.1. The number of aliphatic hydroxyl groups is 1. The second kappa shape index (κ2) is 11.2. The van der Waals surface area contributed by atoms with Gasteiger partial charge in [0.25, 0.3) is 0 Å². The van der Waals surface area contributed by atoms with Crippen LogP contribution in [0, 0.1) is 6.92 Å². The van der Waals surface area contributed by atoms with Crippen LogP contribution in [0.3, 0.4) is 0 Å². The van der Waals surface area contributed by atoms with Crippen LogP contribution in [0.1, 0.15) is 16.7 Å². The van der Waals surface area contributed by atoms with Crippen molar-refractivity contribution in [1.82, 2.24) is 4.98 Å². The maximum Gasteiger partial charge on any atom is 0.143 e. The average Bonchev–Trinajstić information content (AvgIpc) is 2.84. The van der Waals surface area contributed by atoms with Gasteiger partial charge in [-0.3, -0.25) is 0 Å². The summed E-state index contributed by atoms with van der Waals surface area (Å²) in [6.07, 6.45) is 3.06. The summed E-state index contributed by atoms with van der Waals surface area (Å²) in [5.74, 6) is 0.513. The lowest BCUT2D eigenvalue weighted by Crippen LogP contribution is -2.16. The number of hydrogen-bond donors (Lipinski definition) is 3. The van der Waals surface area contributed by atoms with Crippen LogP contribution >= 0.6 is 23.2 Å². The standard InChI is InChI=1S/C25H24Cl2FN3O3/c1-5-22(32)30-18-8-6-7-14(2)25(18)31-21-10-9-15(13-29-21)17(28)11-16-23(26)19(33-3)12-20(34-4)24(16)27/h5-13,22,30,32H,1H2,2-4H3,(H,29,31)/b17-11-. The van der Waals surface area contributed by atoms with Crippen LogP contribution in [0.15, 0.2) is 55.3 Å². The molecule has 3 N–H and O–H groups in total. The van der Waals surface area contributed by atoms with Crippen molar-refractivity contribution in [2.24, 2.45) is 0 Å². The maximum absolute atomic E-state index is 15.1. The number of anilines is 3. The summed E-state index contributed by atoms with van der Waals surface area (Å²) in [5.41, 5.74) is 2.78. The Balaban J connectivity index is 1.89. The smallest absolute Gasteiger partial charge is 0.143 e. The van der Waals surface area contributed by atoms with E-state index in [1.54, 1.807) is 12.1 Å². The lowest BCUT2D eigenvalue weighted by Gasteiger charge is -2.17. The maximum atomic E-state index is 15.1. The number of halogens is 3. The van der Waals surface area contributed by atoms with Gasteiger partial charge in [-0.05, 0) is 42.8 Å². The fourth-order valence-corrected chi connectivity index (χ4v) is 3.76. The molecule has 2 aromatic carbocycles. The molecule has 34 heavy (non-hydrogen) atoms. The second-order valence-electron chi connectivity index (χ2n) is 7.19. The molecular formula is C25H24Cl2FN3O3. The molecule has 0 saturated heterocycles. The molecule has 0 bridgehead atoms. The Hall–Kier alpha value is -3.26. The third kappa shape index (κ3) is 5.62. The largest absolute Gasteiger partial charge is 0.495 e. The number of ether oxygens (including phenoxy) is 2. The highest BCUT2D eigenvalue weighted by Crippen LogP contribution is 2.42. The molecule has 1 aromatic heterocycles. The Labute approximate surface area is 207 Å². The van der Waals surface area contributed by atoms with Crippen LogP contribution in [0.25, 0.3) is 11.9 Å². The van der Waals surface area contributed by atoms with Crippen LogP contribution < -0.4 is 20.1 Å². The van der Waals surface area contributed by atoms with Gasteiger partial charge in [-0.25, -0.2) is 9.37 Å². The molecule has 0 spiro atoms. The molecule has 0 saturated carbocycles. The van der Waals surface area contributed by atoms with Crippen LogP contribution in [0.4, 0.5) is 21.6 Å². The summed E-state index contributed by atoms with van der Waals surface area (Å²) in [6.45, 7) is 5.48. The van der Waals surface area contributed by atoms with E-state index in [1.165, 1.54) is 38.6 Å². The van der Waals surface area contributed by atoms with Crippen molar-refractivity contribution in [1.29, 1.82) is 0 Å². The van der Waals surface area contributed by atoms with Gasteiger partial charge in [0.05, 0.1) is 35.6 Å². The van der Waals surface area contributed by atoms with E-state index in [-0.39, 0.29) is 21.2 Å². The summed E-state index contributed by atoms with van der Waals surface area (Å²) >= 11 is 12.7. The van der Waals surface area contributed by atoms with E-state index < -0.39 is 12.1 Å². The molecule has 0 radical (unpaired) electrons. The molecule has 0 fully saturated rings. The van der Waals surface area contributed by atoms with Crippen molar-refractivity contribution in [3.05, 3.63) is 82.0 Å². The van der Waals surface area contributed by atoms with Crippen molar-refractivity contribution in [2.75, 3.05) is 24.9 Å². The fourth-order valence-electron chi connectivity index (χ4n) is 3.15. The number of rotatable bonds is 9. The summed E-state index contributed by atoms with van der Waals surface area (Å²) < 4.78 is 25.5. The monoisotopic (exact) mass is 503 g/mol. The Morgan fingerprint density at radius 3 is 2.38 bits per heavy atom. The Morgan fingerprint density at radius 2 is 1.82 bits per heavy atom. The van der Waals surface area contributed by atoms with Gasteiger partial charge in [0.15, 0.2) is 0 Å². The minimum atomic E-state index is -0.911. The molecule has 3 aromatic rings. The number of aryl methyl sites for hydroxylation is 1. The van der Waals surface area contributed by atoms with Crippen molar-refractivity contribution in [2.45, 2.75) is 13.2 Å². The molecule has 1 heterocycles. The number of methoxy groups -OCH3 is 2. The van der Waals surface area contributed by atoms with Gasteiger partial charge < -0.3 is 25.2 Å². The van der Waals surface area contributed by atoms with E-state index in [4.69, 9.17) is 32.7 Å². The molecule has 178 valence electrons. The van der Waals surface area contributed by atoms with Gasteiger partial charge in [-0.15, -0.1) is 0 Å². The number of aliphatic hydroxyl groups excluding tert-OH is 1. The van der Waals surface area contributed by atoms with E-state index in [1.807, 2.05) is 25.1 Å². The van der Waals surface area contributed by atoms with Gasteiger partial charge in [-0.1, -0.05) is 41.9 Å². The zero-order valence-corrected chi connectivity index (χ0v) is 20.3. The molecule has 6 nitrogen and oxygen atoms in total. The van der Waals surface area contributed by atoms with Crippen LogP contribution in [-0.2, 0) is 0 Å². The predicted molar refractivity (Wildman–Crippen MR) is 137 cm³/mol. The molecule has 0 amide bonds. The molecule has 0 aliphatic carbocycles. The first-order valence-electron chi connectivity index (χ1n) is 10.2. The third-order valence-corrected chi connectivity index (χ3v) is 5.75. The molecule has 0 aliphatic rings. The molecule has 1 atom stereocenters. The molecular weight excluding hydrogens is 480 g/mol. The molecule has 9 heteroatoms. The van der Waals surface area contributed by atoms with E-state index >= 15 is 4.39 Å². The summed E-state index contributed by atoms with van der Waals surface area (Å²) in [4.78, 5) is 4.31. The number of pyridine rings is 1. The first kappa shape index (κ1) is 25.4.